The van der Waals surface area contributed by atoms with E-state index in [0.29, 0.717) is 28.0 Å². The molecule has 0 radical (unpaired) electrons. The minimum atomic E-state index is -0.0699. The fourth-order valence-corrected chi connectivity index (χ4v) is 1.80. The zero-order chi connectivity index (χ0) is 11.7. The summed E-state index contributed by atoms with van der Waals surface area (Å²) in [5.41, 5.74) is 6.74. The number of rotatable bonds is 2. The van der Waals surface area contributed by atoms with Crippen LogP contribution in [0.25, 0.3) is 11.0 Å². The summed E-state index contributed by atoms with van der Waals surface area (Å²) in [5.74, 6) is 0. The van der Waals surface area contributed by atoms with Crippen molar-refractivity contribution in [2.45, 2.75) is 19.4 Å². The fourth-order valence-electron chi connectivity index (χ4n) is 1.63. The Kier molecular flexibility index (Phi) is 2.99. The molecule has 1 atom stereocenters. The molecule has 0 aliphatic rings. The summed E-state index contributed by atoms with van der Waals surface area (Å²) in [6.45, 7) is 1.85. The van der Waals surface area contributed by atoms with E-state index in [2.05, 4.69) is 0 Å². The minimum absolute atomic E-state index is 0.0546. The summed E-state index contributed by atoms with van der Waals surface area (Å²) in [6, 6.07) is 4.93. The van der Waals surface area contributed by atoms with Gasteiger partial charge in [0.25, 0.3) is 0 Å². The highest BCUT2D eigenvalue weighted by Gasteiger charge is 2.08. The van der Waals surface area contributed by atoms with E-state index in [0.717, 1.165) is 0 Å². The highest BCUT2D eigenvalue weighted by atomic mass is 35.5. The van der Waals surface area contributed by atoms with Crippen molar-refractivity contribution in [3.8, 4) is 0 Å². The second-order valence-electron chi connectivity index (χ2n) is 3.91. The van der Waals surface area contributed by atoms with Crippen LogP contribution in [0.1, 0.15) is 12.5 Å². The first-order valence-corrected chi connectivity index (χ1v) is 5.41. The quantitative estimate of drug-likeness (QED) is 0.872. The number of benzene rings is 1. The third-order valence-corrected chi connectivity index (χ3v) is 2.58. The van der Waals surface area contributed by atoms with Crippen molar-refractivity contribution in [1.29, 1.82) is 0 Å². The van der Waals surface area contributed by atoms with Gasteiger partial charge in [-0.3, -0.25) is 4.79 Å². The first kappa shape index (κ1) is 11.2. The van der Waals surface area contributed by atoms with E-state index >= 15 is 0 Å². The molecule has 2 N–H and O–H groups in total. The van der Waals surface area contributed by atoms with Gasteiger partial charge >= 0.3 is 0 Å². The molecular formula is C12H12ClNO2. The molecule has 0 amide bonds. The molecule has 0 aliphatic heterocycles. The van der Waals surface area contributed by atoms with Gasteiger partial charge < -0.3 is 10.2 Å². The minimum Gasteiger partial charge on any atom is -0.464 e. The van der Waals surface area contributed by atoms with Crippen LogP contribution in [0.3, 0.4) is 0 Å². The Balaban J connectivity index is 2.64. The number of nitrogens with two attached hydrogens (primary N) is 1. The Morgan fingerprint density at radius 2 is 2.25 bits per heavy atom. The van der Waals surface area contributed by atoms with Crippen molar-refractivity contribution in [1.82, 2.24) is 0 Å². The van der Waals surface area contributed by atoms with Gasteiger partial charge in [0.2, 0.25) is 0 Å². The lowest BCUT2D eigenvalue weighted by Crippen LogP contribution is -2.22. The molecule has 0 saturated carbocycles. The predicted molar refractivity (Wildman–Crippen MR) is 64.8 cm³/mol. The van der Waals surface area contributed by atoms with Gasteiger partial charge in [-0.2, -0.15) is 0 Å². The summed E-state index contributed by atoms with van der Waals surface area (Å²) in [7, 11) is 0. The summed E-state index contributed by atoms with van der Waals surface area (Å²) in [4.78, 5) is 12.0. The molecule has 4 heteroatoms. The summed E-state index contributed by atoms with van der Waals surface area (Å²) >= 11 is 5.84. The zero-order valence-electron chi connectivity index (χ0n) is 8.87. The van der Waals surface area contributed by atoms with Crippen molar-refractivity contribution < 1.29 is 4.42 Å². The van der Waals surface area contributed by atoms with Crippen LogP contribution in [0.2, 0.25) is 5.02 Å². The number of halogens is 1. The highest BCUT2D eigenvalue weighted by Crippen LogP contribution is 2.17. The number of fused-ring (bicyclic) bond motifs is 1. The number of hydrogen-bond acceptors (Lipinski definition) is 3. The van der Waals surface area contributed by atoms with Crippen LogP contribution in [-0.2, 0) is 6.42 Å². The molecule has 3 nitrogen and oxygen atoms in total. The van der Waals surface area contributed by atoms with Crippen molar-refractivity contribution in [2.75, 3.05) is 0 Å². The van der Waals surface area contributed by atoms with Crippen LogP contribution in [0.15, 0.2) is 33.7 Å². The molecule has 0 spiro atoms. The smallest absolute Gasteiger partial charge is 0.195 e. The van der Waals surface area contributed by atoms with Gasteiger partial charge in [-0.25, -0.2) is 0 Å². The molecule has 16 heavy (non-hydrogen) atoms. The van der Waals surface area contributed by atoms with Crippen molar-refractivity contribution >= 4 is 22.6 Å². The van der Waals surface area contributed by atoms with Crippen molar-refractivity contribution in [2.24, 2.45) is 5.73 Å². The molecule has 84 valence electrons. The Morgan fingerprint density at radius 1 is 1.50 bits per heavy atom. The van der Waals surface area contributed by atoms with E-state index in [1.54, 1.807) is 18.2 Å². The number of hydrogen-bond donors (Lipinski definition) is 1. The molecule has 2 aromatic rings. The van der Waals surface area contributed by atoms with Crippen LogP contribution in [0.4, 0.5) is 0 Å². The topological polar surface area (TPSA) is 56.2 Å². The van der Waals surface area contributed by atoms with Gasteiger partial charge in [-0.15, -0.1) is 0 Å². The lowest BCUT2D eigenvalue weighted by atomic mass is 10.1. The van der Waals surface area contributed by atoms with Crippen LogP contribution in [0, 0.1) is 0 Å². The van der Waals surface area contributed by atoms with Crippen LogP contribution < -0.4 is 11.2 Å². The highest BCUT2D eigenvalue weighted by molar-refractivity contribution is 6.31. The third-order valence-electron chi connectivity index (χ3n) is 2.35. The molecule has 1 aromatic carbocycles. The van der Waals surface area contributed by atoms with Crippen molar-refractivity contribution in [3.05, 3.63) is 45.3 Å². The molecule has 1 heterocycles. The van der Waals surface area contributed by atoms with Crippen LogP contribution in [0.5, 0.6) is 0 Å². The molecule has 0 saturated heterocycles. The molecular weight excluding hydrogens is 226 g/mol. The normalized spacial score (nSPS) is 12.9. The maximum Gasteiger partial charge on any atom is 0.195 e. The Morgan fingerprint density at radius 3 is 2.94 bits per heavy atom. The molecule has 1 unspecified atom stereocenters. The molecule has 0 fully saturated rings. The van der Waals surface area contributed by atoms with Crippen LogP contribution >= 0.6 is 11.6 Å². The lowest BCUT2D eigenvalue weighted by molar-refractivity contribution is 0.585. The molecule has 1 aromatic heterocycles. The lowest BCUT2D eigenvalue weighted by Gasteiger charge is -2.05. The molecule has 0 bridgehead atoms. The summed E-state index contributed by atoms with van der Waals surface area (Å²) in [5, 5.41) is 1.03. The summed E-state index contributed by atoms with van der Waals surface area (Å²) in [6.07, 6.45) is 1.98. The largest absolute Gasteiger partial charge is 0.464 e. The SMILES string of the molecule is CC(N)Cc1coc2ccc(Cl)cc2c1=O. The van der Waals surface area contributed by atoms with E-state index in [4.69, 9.17) is 21.8 Å². The van der Waals surface area contributed by atoms with E-state index in [1.807, 2.05) is 6.92 Å². The van der Waals surface area contributed by atoms with E-state index in [-0.39, 0.29) is 11.5 Å². The van der Waals surface area contributed by atoms with E-state index < -0.39 is 0 Å². The average Bonchev–Trinajstić information content (AvgIpc) is 2.22. The van der Waals surface area contributed by atoms with E-state index in [9.17, 15) is 4.79 Å². The Hall–Kier alpha value is -1.32. The van der Waals surface area contributed by atoms with Gasteiger partial charge in [0.1, 0.15) is 5.58 Å². The van der Waals surface area contributed by atoms with Gasteiger partial charge in [-0.1, -0.05) is 11.6 Å². The second-order valence-corrected chi connectivity index (χ2v) is 4.35. The third kappa shape index (κ3) is 2.10. The van der Waals surface area contributed by atoms with Gasteiger partial charge in [0.15, 0.2) is 5.43 Å². The van der Waals surface area contributed by atoms with Crippen molar-refractivity contribution in [3.63, 3.8) is 0 Å². The first-order chi connectivity index (χ1) is 7.58. The van der Waals surface area contributed by atoms with Gasteiger partial charge in [-0.05, 0) is 31.5 Å². The predicted octanol–water partition coefficient (Wildman–Crippen LogP) is 2.34. The van der Waals surface area contributed by atoms with E-state index in [1.165, 1.54) is 6.26 Å². The monoisotopic (exact) mass is 237 g/mol. The second kappa shape index (κ2) is 4.28. The maximum atomic E-state index is 12.0. The Labute approximate surface area is 97.8 Å². The Bertz CT molecular complexity index is 575. The van der Waals surface area contributed by atoms with Gasteiger partial charge in [0, 0.05) is 16.6 Å². The maximum absolute atomic E-state index is 12.0. The van der Waals surface area contributed by atoms with Crippen LogP contribution in [-0.4, -0.2) is 6.04 Å². The fraction of sp³-hybridized carbons (Fsp3) is 0.250. The molecule has 0 aliphatic carbocycles. The molecule has 2 rings (SSSR count). The average molecular weight is 238 g/mol. The zero-order valence-corrected chi connectivity index (χ0v) is 9.62. The summed E-state index contributed by atoms with van der Waals surface area (Å²) < 4.78 is 5.37. The standard InChI is InChI=1S/C12H12ClNO2/c1-7(14)4-8-6-16-11-3-2-9(13)5-10(11)12(8)15/h2-3,5-7H,4,14H2,1H3. The van der Waals surface area contributed by atoms with Gasteiger partial charge in [0.05, 0.1) is 11.6 Å². The first-order valence-electron chi connectivity index (χ1n) is 5.03.